The molecule has 1 aromatic heterocycles. The highest BCUT2D eigenvalue weighted by Gasteiger charge is 2.13. The number of hydrogen-bond donors (Lipinski definition) is 1. The van der Waals surface area contributed by atoms with Crippen molar-refractivity contribution in [3.8, 4) is 0 Å². The van der Waals surface area contributed by atoms with Crippen molar-refractivity contribution in [1.29, 1.82) is 0 Å². The molecule has 0 aliphatic carbocycles. The van der Waals surface area contributed by atoms with Gasteiger partial charge in [-0.3, -0.25) is 0 Å². The van der Waals surface area contributed by atoms with Crippen molar-refractivity contribution in [2.75, 3.05) is 6.54 Å². The Bertz CT molecular complexity index is 422. The molecule has 0 radical (unpaired) electrons. The molecule has 2 rings (SSSR count). The molecular formula is C13H14INO. The zero-order valence-corrected chi connectivity index (χ0v) is 11.3. The van der Waals surface area contributed by atoms with Gasteiger partial charge in [0, 0.05) is 9.13 Å². The standard InChI is InChI=1S/C13H14INO/c1-2-15-13(11-7-8-16-9-11)10-3-5-12(14)6-4-10/h3-9,13,15H,2H2,1H3. The lowest BCUT2D eigenvalue weighted by molar-refractivity contribution is 0.553. The van der Waals surface area contributed by atoms with Crippen LogP contribution in [-0.4, -0.2) is 6.54 Å². The highest BCUT2D eigenvalue weighted by Crippen LogP contribution is 2.22. The van der Waals surface area contributed by atoms with E-state index in [0.717, 1.165) is 6.54 Å². The summed E-state index contributed by atoms with van der Waals surface area (Å²) >= 11 is 2.32. The summed E-state index contributed by atoms with van der Waals surface area (Å²) in [6, 6.07) is 10.8. The molecule has 1 heterocycles. The fraction of sp³-hybridized carbons (Fsp3) is 0.231. The minimum atomic E-state index is 0.223. The third-order valence-electron chi connectivity index (χ3n) is 2.49. The SMILES string of the molecule is CCNC(c1ccc(I)cc1)c1ccoc1. The van der Waals surface area contributed by atoms with E-state index in [0.29, 0.717) is 0 Å². The van der Waals surface area contributed by atoms with E-state index < -0.39 is 0 Å². The second-order valence-corrected chi connectivity index (χ2v) is 4.84. The zero-order chi connectivity index (χ0) is 11.4. The highest BCUT2D eigenvalue weighted by atomic mass is 127. The third-order valence-corrected chi connectivity index (χ3v) is 3.21. The molecule has 0 saturated carbocycles. The van der Waals surface area contributed by atoms with Crippen LogP contribution >= 0.6 is 22.6 Å². The Hall–Kier alpha value is -0.810. The van der Waals surface area contributed by atoms with Gasteiger partial charge in [-0.25, -0.2) is 0 Å². The highest BCUT2D eigenvalue weighted by molar-refractivity contribution is 14.1. The van der Waals surface area contributed by atoms with Crippen LogP contribution in [0.2, 0.25) is 0 Å². The van der Waals surface area contributed by atoms with E-state index in [9.17, 15) is 0 Å². The van der Waals surface area contributed by atoms with Crippen LogP contribution in [0.5, 0.6) is 0 Å². The van der Waals surface area contributed by atoms with Crippen LogP contribution in [0.25, 0.3) is 0 Å². The first kappa shape index (κ1) is 11.7. The average molecular weight is 327 g/mol. The minimum absolute atomic E-state index is 0.223. The van der Waals surface area contributed by atoms with Gasteiger partial charge in [0.1, 0.15) is 0 Å². The maximum atomic E-state index is 5.15. The predicted molar refractivity (Wildman–Crippen MR) is 73.4 cm³/mol. The topological polar surface area (TPSA) is 25.2 Å². The van der Waals surface area contributed by atoms with Crippen LogP contribution in [0, 0.1) is 3.57 Å². The molecule has 1 aromatic carbocycles. The summed E-state index contributed by atoms with van der Waals surface area (Å²) in [5, 5.41) is 3.46. The van der Waals surface area contributed by atoms with Gasteiger partial charge in [-0.05, 0) is 52.9 Å². The number of nitrogens with one attached hydrogen (secondary N) is 1. The van der Waals surface area contributed by atoms with E-state index in [1.54, 1.807) is 12.5 Å². The normalized spacial score (nSPS) is 12.6. The fourth-order valence-corrected chi connectivity index (χ4v) is 2.09. The Morgan fingerprint density at radius 2 is 1.94 bits per heavy atom. The zero-order valence-electron chi connectivity index (χ0n) is 9.11. The van der Waals surface area contributed by atoms with E-state index in [1.165, 1.54) is 14.7 Å². The molecule has 1 unspecified atom stereocenters. The van der Waals surface area contributed by atoms with Crippen molar-refractivity contribution in [2.45, 2.75) is 13.0 Å². The maximum Gasteiger partial charge on any atom is 0.0953 e. The summed E-state index contributed by atoms with van der Waals surface area (Å²) in [7, 11) is 0. The Labute approximate surface area is 109 Å². The van der Waals surface area contributed by atoms with Crippen LogP contribution in [0.4, 0.5) is 0 Å². The van der Waals surface area contributed by atoms with E-state index in [-0.39, 0.29) is 6.04 Å². The summed E-state index contributed by atoms with van der Waals surface area (Å²) in [5.41, 5.74) is 2.44. The molecule has 84 valence electrons. The van der Waals surface area contributed by atoms with E-state index in [2.05, 4.69) is 59.1 Å². The van der Waals surface area contributed by atoms with Crippen molar-refractivity contribution >= 4 is 22.6 Å². The molecule has 2 aromatic rings. The summed E-state index contributed by atoms with van der Waals surface area (Å²) in [6.07, 6.45) is 3.51. The first-order valence-electron chi connectivity index (χ1n) is 5.32. The van der Waals surface area contributed by atoms with Crippen LogP contribution < -0.4 is 5.32 Å². The van der Waals surface area contributed by atoms with Gasteiger partial charge in [0.25, 0.3) is 0 Å². The molecule has 0 bridgehead atoms. The number of rotatable bonds is 4. The third kappa shape index (κ3) is 2.65. The fourth-order valence-electron chi connectivity index (χ4n) is 1.73. The molecule has 0 saturated heterocycles. The van der Waals surface area contributed by atoms with Gasteiger partial charge in [0.2, 0.25) is 0 Å². The Kier molecular flexibility index (Phi) is 4.01. The first-order chi connectivity index (χ1) is 7.81. The molecule has 1 N–H and O–H groups in total. The number of benzene rings is 1. The molecule has 1 atom stereocenters. The lowest BCUT2D eigenvalue weighted by Gasteiger charge is -2.16. The van der Waals surface area contributed by atoms with Gasteiger partial charge in [0.15, 0.2) is 0 Å². The maximum absolute atomic E-state index is 5.15. The molecule has 2 nitrogen and oxygen atoms in total. The lowest BCUT2D eigenvalue weighted by Crippen LogP contribution is -2.21. The second kappa shape index (κ2) is 5.50. The van der Waals surface area contributed by atoms with Crippen molar-refractivity contribution in [2.24, 2.45) is 0 Å². The summed E-state index contributed by atoms with van der Waals surface area (Å²) in [4.78, 5) is 0. The van der Waals surface area contributed by atoms with Gasteiger partial charge in [-0.15, -0.1) is 0 Å². The van der Waals surface area contributed by atoms with Crippen LogP contribution in [0.3, 0.4) is 0 Å². The Morgan fingerprint density at radius 3 is 2.50 bits per heavy atom. The summed E-state index contributed by atoms with van der Waals surface area (Å²) in [5.74, 6) is 0. The molecule has 16 heavy (non-hydrogen) atoms. The van der Waals surface area contributed by atoms with Crippen molar-refractivity contribution < 1.29 is 4.42 Å². The Morgan fingerprint density at radius 1 is 1.19 bits per heavy atom. The Balaban J connectivity index is 2.29. The summed E-state index contributed by atoms with van der Waals surface area (Å²) in [6.45, 7) is 3.04. The van der Waals surface area contributed by atoms with E-state index >= 15 is 0 Å². The first-order valence-corrected chi connectivity index (χ1v) is 6.40. The van der Waals surface area contributed by atoms with Crippen molar-refractivity contribution in [1.82, 2.24) is 5.32 Å². The molecule has 0 spiro atoms. The molecule has 0 aliphatic rings. The molecular weight excluding hydrogens is 313 g/mol. The van der Waals surface area contributed by atoms with Crippen molar-refractivity contribution in [3.63, 3.8) is 0 Å². The molecule has 3 heteroatoms. The van der Waals surface area contributed by atoms with Gasteiger partial charge < -0.3 is 9.73 Å². The predicted octanol–water partition coefficient (Wildman–Crippen LogP) is 3.58. The van der Waals surface area contributed by atoms with Crippen molar-refractivity contribution in [3.05, 3.63) is 57.6 Å². The van der Waals surface area contributed by atoms with E-state index in [1.807, 2.05) is 6.07 Å². The molecule has 0 aliphatic heterocycles. The molecule has 0 fully saturated rings. The number of hydrogen-bond acceptors (Lipinski definition) is 2. The van der Waals surface area contributed by atoms with Gasteiger partial charge >= 0.3 is 0 Å². The van der Waals surface area contributed by atoms with Crippen LogP contribution in [-0.2, 0) is 0 Å². The van der Waals surface area contributed by atoms with Gasteiger partial charge in [0.05, 0.1) is 18.6 Å². The van der Waals surface area contributed by atoms with E-state index in [4.69, 9.17) is 4.42 Å². The van der Waals surface area contributed by atoms with Crippen LogP contribution in [0.15, 0.2) is 47.3 Å². The smallest absolute Gasteiger partial charge is 0.0953 e. The largest absolute Gasteiger partial charge is 0.472 e. The van der Waals surface area contributed by atoms with Gasteiger partial charge in [-0.2, -0.15) is 0 Å². The number of halogens is 1. The lowest BCUT2D eigenvalue weighted by atomic mass is 10.0. The quantitative estimate of drug-likeness (QED) is 0.869. The van der Waals surface area contributed by atoms with Gasteiger partial charge in [-0.1, -0.05) is 19.1 Å². The monoisotopic (exact) mass is 327 g/mol. The number of furan rings is 1. The van der Waals surface area contributed by atoms with Crippen LogP contribution in [0.1, 0.15) is 24.1 Å². The second-order valence-electron chi connectivity index (χ2n) is 3.60. The summed E-state index contributed by atoms with van der Waals surface area (Å²) < 4.78 is 6.40. The molecule has 0 amide bonds. The average Bonchev–Trinajstić information content (AvgIpc) is 2.81. The minimum Gasteiger partial charge on any atom is -0.472 e.